The van der Waals surface area contributed by atoms with Crippen molar-refractivity contribution in [2.45, 2.75) is 45.4 Å². The van der Waals surface area contributed by atoms with Crippen molar-refractivity contribution in [1.82, 2.24) is 14.8 Å². The number of amides is 2. The molecule has 0 N–H and O–H groups in total. The van der Waals surface area contributed by atoms with E-state index in [9.17, 15) is 9.59 Å². The van der Waals surface area contributed by atoms with Gasteiger partial charge in [-0.1, -0.05) is 6.42 Å². The van der Waals surface area contributed by atoms with Crippen LogP contribution in [0.1, 0.15) is 54.0 Å². The second-order valence-electron chi connectivity index (χ2n) is 7.79. The van der Waals surface area contributed by atoms with E-state index in [0.29, 0.717) is 18.0 Å². The minimum atomic E-state index is 0.0462. The summed E-state index contributed by atoms with van der Waals surface area (Å²) in [5, 5.41) is 2.78. The van der Waals surface area contributed by atoms with Crippen LogP contribution in [0.4, 0.5) is 0 Å². The van der Waals surface area contributed by atoms with Crippen LogP contribution in [-0.4, -0.2) is 52.8 Å². The van der Waals surface area contributed by atoms with E-state index in [1.165, 1.54) is 30.6 Å². The van der Waals surface area contributed by atoms with Gasteiger partial charge in [-0.3, -0.25) is 9.59 Å². The molecule has 2 amide bonds. The average molecular weight is 347 g/mol. The van der Waals surface area contributed by atoms with Crippen molar-refractivity contribution in [2.75, 3.05) is 26.2 Å². The summed E-state index contributed by atoms with van der Waals surface area (Å²) >= 11 is 1.52. The maximum atomic E-state index is 12.5. The third kappa shape index (κ3) is 2.96. The molecule has 0 atom stereocenters. The molecule has 2 aliphatic heterocycles. The van der Waals surface area contributed by atoms with Gasteiger partial charge in [-0.2, -0.15) is 0 Å². The molecule has 0 unspecified atom stereocenters. The number of rotatable bonds is 3. The van der Waals surface area contributed by atoms with Crippen LogP contribution in [-0.2, 0) is 4.79 Å². The average Bonchev–Trinajstić information content (AvgIpc) is 3.08. The van der Waals surface area contributed by atoms with Gasteiger partial charge in [0.15, 0.2) is 0 Å². The molecule has 1 spiro atoms. The Kier molecular flexibility index (Phi) is 4.11. The molecule has 0 radical (unpaired) electrons. The number of carbonyl (C=O) groups is 2. The van der Waals surface area contributed by atoms with E-state index in [1.54, 1.807) is 0 Å². The zero-order chi connectivity index (χ0) is 16.7. The fourth-order valence-corrected chi connectivity index (χ4v) is 4.86. The van der Waals surface area contributed by atoms with Gasteiger partial charge < -0.3 is 9.80 Å². The zero-order valence-electron chi connectivity index (χ0n) is 14.3. The van der Waals surface area contributed by atoms with Crippen LogP contribution in [0.2, 0.25) is 0 Å². The van der Waals surface area contributed by atoms with Crippen molar-refractivity contribution in [3.05, 3.63) is 16.1 Å². The predicted molar refractivity (Wildman–Crippen MR) is 93.0 cm³/mol. The number of aryl methyl sites for hydroxylation is 1. The van der Waals surface area contributed by atoms with Crippen molar-refractivity contribution in [3.63, 3.8) is 0 Å². The van der Waals surface area contributed by atoms with Crippen molar-refractivity contribution in [1.29, 1.82) is 0 Å². The van der Waals surface area contributed by atoms with E-state index in [0.717, 1.165) is 49.9 Å². The minimum absolute atomic E-state index is 0.0462. The number of hydrogen-bond donors (Lipinski definition) is 0. The first-order valence-electron chi connectivity index (χ1n) is 9.04. The fourth-order valence-electron chi connectivity index (χ4n) is 4.28. The second-order valence-corrected chi connectivity index (χ2v) is 8.85. The summed E-state index contributed by atoms with van der Waals surface area (Å²) < 4.78 is 0. The molecule has 130 valence electrons. The molecule has 6 heteroatoms. The number of hydrogen-bond acceptors (Lipinski definition) is 4. The number of piperidine rings is 1. The highest BCUT2D eigenvalue weighted by atomic mass is 32.1. The van der Waals surface area contributed by atoms with E-state index in [4.69, 9.17) is 0 Å². The highest BCUT2D eigenvalue weighted by molar-refractivity contribution is 7.09. The number of carbonyl (C=O) groups excluding carboxylic acids is 2. The maximum Gasteiger partial charge on any atom is 0.273 e. The predicted octanol–water partition coefficient (Wildman–Crippen LogP) is 2.71. The molecule has 1 aromatic heterocycles. The molecule has 24 heavy (non-hydrogen) atoms. The van der Waals surface area contributed by atoms with Gasteiger partial charge in [0.2, 0.25) is 5.91 Å². The van der Waals surface area contributed by atoms with Gasteiger partial charge in [0, 0.05) is 43.4 Å². The molecule has 1 saturated carbocycles. The molecule has 5 nitrogen and oxygen atoms in total. The highest BCUT2D eigenvalue weighted by Gasteiger charge is 2.46. The molecule has 0 bridgehead atoms. The zero-order valence-corrected chi connectivity index (χ0v) is 15.1. The quantitative estimate of drug-likeness (QED) is 0.845. The van der Waals surface area contributed by atoms with Crippen molar-refractivity contribution in [3.8, 4) is 0 Å². The second kappa shape index (κ2) is 6.14. The lowest BCUT2D eigenvalue weighted by Gasteiger charge is -2.39. The largest absolute Gasteiger partial charge is 0.342 e. The van der Waals surface area contributed by atoms with Crippen molar-refractivity contribution < 1.29 is 9.59 Å². The van der Waals surface area contributed by atoms with Gasteiger partial charge in [-0.05, 0) is 38.5 Å². The molecule has 1 aromatic rings. The summed E-state index contributed by atoms with van der Waals surface area (Å²) in [5.74, 6) is 1.11. The number of likely N-dealkylation sites (tertiary alicyclic amines) is 2. The van der Waals surface area contributed by atoms with Gasteiger partial charge in [0.05, 0.1) is 5.01 Å². The van der Waals surface area contributed by atoms with Crippen LogP contribution in [0.25, 0.3) is 0 Å². The summed E-state index contributed by atoms with van der Waals surface area (Å²) in [6, 6.07) is 0. The Morgan fingerprint density at radius 1 is 1.38 bits per heavy atom. The van der Waals surface area contributed by atoms with E-state index in [2.05, 4.69) is 9.88 Å². The molecule has 3 aliphatic rings. The number of nitrogens with zero attached hydrogens (tertiary/aromatic N) is 3. The van der Waals surface area contributed by atoms with E-state index in [-0.39, 0.29) is 11.3 Å². The Morgan fingerprint density at radius 2 is 2.12 bits per heavy atom. The Hall–Kier alpha value is -1.43. The van der Waals surface area contributed by atoms with Crippen LogP contribution < -0.4 is 0 Å². The Bertz CT molecular complexity index is 644. The highest BCUT2D eigenvalue weighted by Crippen LogP contribution is 2.42. The molecule has 3 fully saturated rings. The lowest BCUT2D eigenvalue weighted by atomic mass is 9.77. The van der Waals surface area contributed by atoms with Crippen molar-refractivity contribution in [2.24, 2.45) is 11.3 Å². The van der Waals surface area contributed by atoms with E-state index < -0.39 is 0 Å². The topological polar surface area (TPSA) is 53.5 Å². The maximum absolute atomic E-state index is 12.5. The molecular weight excluding hydrogens is 322 g/mol. The van der Waals surface area contributed by atoms with Crippen LogP contribution in [0, 0.1) is 18.3 Å². The van der Waals surface area contributed by atoms with Gasteiger partial charge >= 0.3 is 0 Å². The number of thiazole rings is 1. The molecule has 3 heterocycles. The summed E-state index contributed by atoms with van der Waals surface area (Å²) in [6.07, 6.45) is 6.45. The van der Waals surface area contributed by atoms with Gasteiger partial charge in [0.1, 0.15) is 5.69 Å². The van der Waals surface area contributed by atoms with Crippen LogP contribution in [0.5, 0.6) is 0 Å². The first-order valence-corrected chi connectivity index (χ1v) is 9.92. The SMILES string of the molecule is Cc1nc(C(=O)N2CCC3(CC2)CC(=O)N(CC2CCC2)C3)cs1. The monoisotopic (exact) mass is 347 g/mol. The van der Waals surface area contributed by atoms with Crippen molar-refractivity contribution >= 4 is 23.2 Å². The molecule has 1 aliphatic carbocycles. The van der Waals surface area contributed by atoms with Gasteiger partial charge in [-0.25, -0.2) is 4.98 Å². The molecular formula is C18H25N3O2S. The lowest BCUT2D eigenvalue weighted by Crippen LogP contribution is -2.44. The van der Waals surface area contributed by atoms with E-state index in [1.807, 2.05) is 17.2 Å². The fraction of sp³-hybridized carbons (Fsp3) is 0.722. The molecule has 0 aromatic carbocycles. The molecule has 2 saturated heterocycles. The number of aromatic nitrogens is 1. The minimum Gasteiger partial charge on any atom is -0.342 e. The summed E-state index contributed by atoms with van der Waals surface area (Å²) in [5.41, 5.74) is 0.679. The van der Waals surface area contributed by atoms with Crippen LogP contribution in [0.3, 0.4) is 0 Å². The normalized spacial score (nSPS) is 23.8. The first kappa shape index (κ1) is 16.1. The Morgan fingerprint density at radius 3 is 2.71 bits per heavy atom. The van der Waals surface area contributed by atoms with Crippen LogP contribution in [0.15, 0.2) is 5.38 Å². The third-order valence-corrected chi connectivity index (χ3v) is 6.83. The first-order chi connectivity index (χ1) is 11.5. The summed E-state index contributed by atoms with van der Waals surface area (Å²) in [4.78, 5) is 33.3. The smallest absolute Gasteiger partial charge is 0.273 e. The Balaban J connectivity index is 1.35. The Labute approximate surface area is 147 Å². The van der Waals surface area contributed by atoms with Gasteiger partial charge in [-0.15, -0.1) is 11.3 Å². The lowest BCUT2D eigenvalue weighted by molar-refractivity contribution is -0.128. The van der Waals surface area contributed by atoms with Crippen LogP contribution >= 0.6 is 11.3 Å². The summed E-state index contributed by atoms with van der Waals surface area (Å²) in [7, 11) is 0. The standard InChI is InChI=1S/C18H25N3O2S/c1-13-19-15(11-24-13)17(23)20-7-5-18(6-8-20)9-16(22)21(12-18)10-14-3-2-4-14/h11,14H,2-10,12H2,1H3. The van der Waals surface area contributed by atoms with Gasteiger partial charge in [0.25, 0.3) is 5.91 Å². The third-order valence-electron chi connectivity index (χ3n) is 6.06. The summed E-state index contributed by atoms with van der Waals surface area (Å²) in [6.45, 7) is 5.29. The van der Waals surface area contributed by atoms with E-state index >= 15 is 0 Å². The molecule has 4 rings (SSSR count).